The molecule has 7 heteroatoms. The van der Waals surface area contributed by atoms with Crippen molar-refractivity contribution in [3.8, 4) is 17.2 Å². The molecule has 2 aromatic rings. The summed E-state index contributed by atoms with van der Waals surface area (Å²) in [6.07, 6.45) is 3.47. The third kappa shape index (κ3) is 2.84. The number of carbonyl (C=O) groups excluding carboxylic acids is 1. The third-order valence-electron chi connectivity index (χ3n) is 7.72. The number of carbonyl (C=O) groups is 2. The molecule has 1 saturated heterocycles. The van der Waals surface area contributed by atoms with Crippen LogP contribution in [0.5, 0.6) is 17.2 Å². The minimum absolute atomic E-state index is 0.0671. The van der Waals surface area contributed by atoms with E-state index in [4.69, 9.17) is 19.7 Å². The normalized spacial score (nSPS) is 29.3. The van der Waals surface area contributed by atoms with E-state index < -0.39 is 5.97 Å². The molecular formula is C25H27NO6. The highest BCUT2D eigenvalue weighted by Crippen LogP contribution is 2.63. The van der Waals surface area contributed by atoms with Gasteiger partial charge >= 0.3 is 5.97 Å². The number of aromatic hydroxyl groups is 1. The van der Waals surface area contributed by atoms with Gasteiger partial charge in [0.2, 0.25) is 0 Å². The van der Waals surface area contributed by atoms with Gasteiger partial charge in [0.15, 0.2) is 23.4 Å². The molecule has 7 nitrogen and oxygen atoms in total. The molecule has 32 heavy (non-hydrogen) atoms. The molecular weight excluding hydrogens is 410 g/mol. The Hall–Kier alpha value is -3.06. The van der Waals surface area contributed by atoms with Gasteiger partial charge in [-0.2, -0.15) is 0 Å². The molecule has 0 unspecified atom stereocenters. The van der Waals surface area contributed by atoms with Crippen molar-refractivity contribution in [2.75, 3.05) is 20.7 Å². The first kappa shape index (κ1) is 20.8. The number of carboxylic acid groups (broad SMARTS) is 1. The number of para-hydroxylation sites is 1. The van der Waals surface area contributed by atoms with Gasteiger partial charge in [0.05, 0.1) is 7.11 Å². The van der Waals surface area contributed by atoms with Crippen molar-refractivity contribution in [3.63, 3.8) is 0 Å². The number of likely N-dealkylation sites (tertiary alicyclic amines) is 1. The van der Waals surface area contributed by atoms with Crippen LogP contribution in [0.3, 0.4) is 0 Å². The summed E-state index contributed by atoms with van der Waals surface area (Å²) < 4.78 is 11.8. The maximum absolute atomic E-state index is 12.6. The van der Waals surface area contributed by atoms with Crippen LogP contribution in [-0.2, 0) is 16.6 Å². The number of aromatic carboxylic acids is 1. The lowest BCUT2D eigenvalue weighted by atomic mass is 9.52. The zero-order chi connectivity index (χ0) is 22.6. The molecule has 1 saturated carbocycles. The Labute approximate surface area is 186 Å². The number of piperidine rings is 1. The maximum Gasteiger partial charge on any atom is 0.339 e. The van der Waals surface area contributed by atoms with Crippen molar-refractivity contribution in [2.24, 2.45) is 5.92 Å². The molecule has 2 bridgehead atoms. The van der Waals surface area contributed by atoms with E-state index in [1.807, 2.05) is 6.07 Å². The average Bonchev–Trinajstić information content (AvgIpc) is 3.14. The van der Waals surface area contributed by atoms with Crippen molar-refractivity contribution >= 4 is 11.8 Å². The molecule has 0 amide bonds. The van der Waals surface area contributed by atoms with Gasteiger partial charge in [-0.3, -0.25) is 4.79 Å². The number of rotatable bonds is 2. The fourth-order valence-corrected chi connectivity index (χ4v) is 6.33. The second kappa shape index (κ2) is 7.52. The fraction of sp³-hybridized carbons (Fsp3) is 0.440. The third-order valence-corrected chi connectivity index (χ3v) is 7.72. The number of phenols is 1. The highest BCUT2D eigenvalue weighted by Gasteiger charge is 2.65. The van der Waals surface area contributed by atoms with Crippen molar-refractivity contribution in [1.29, 1.82) is 0 Å². The van der Waals surface area contributed by atoms with E-state index in [0.717, 1.165) is 37.3 Å². The number of hydrogen-bond acceptors (Lipinski definition) is 6. The Morgan fingerprint density at radius 3 is 2.72 bits per heavy atom. The van der Waals surface area contributed by atoms with Gasteiger partial charge in [-0.05, 0) is 62.5 Å². The van der Waals surface area contributed by atoms with Crippen LogP contribution in [0.25, 0.3) is 0 Å². The SMILES string of the molecule is COc1ccc2c3c1O[C@H]1C(=O)CC[C@H]4[C@@H](C2)N(C)CC[C@]314.O=C(O)c1ccccc1O. The minimum Gasteiger partial charge on any atom is -0.507 e. The van der Waals surface area contributed by atoms with Crippen LogP contribution < -0.4 is 9.47 Å². The van der Waals surface area contributed by atoms with Gasteiger partial charge in [-0.1, -0.05) is 18.2 Å². The summed E-state index contributed by atoms with van der Waals surface area (Å²) >= 11 is 0. The lowest BCUT2D eigenvalue weighted by molar-refractivity contribution is -0.138. The van der Waals surface area contributed by atoms with E-state index in [-0.39, 0.29) is 28.6 Å². The number of nitrogens with zero attached hydrogens (tertiary/aromatic N) is 1. The summed E-state index contributed by atoms with van der Waals surface area (Å²) in [4.78, 5) is 25.4. The first-order valence-corrected chi connectivity index (χ1v) is 11.0. The van der Waals surface area contributed by atoms with Crippen molar-refractivity contribution in [2.45, 2.75) is 43.2 Å². The quantitative estimate of drug-likeness (QED) is 0.746. The molecule has 2 aliphatic heterocycles. The molecule has 2 aliphatic carbocycles. The Balaban J connectivity index is 0.000000183. The first-order valence-electron chi connectivity index (χ1n) is 11.0. The van der Waals surface area contributed by atoms with Crippen LogP contribution in [0, 0.1) is 5.92 Å². The number of Topliss-reactive ketones (excluding diaryl/α,β-unsaturated/α-hetero) is 1. The summed E-state index contributed by atoms with van der Waals surface area (Å²) in [6, 6.07) is 10.5. The van der Waals surface area contributed by atoms with E-state index in [2.05, 4.69) is 18.0 Å². The van der Waals surface area contributed by atoms with E-state index in [1.54, 1.807) is 19.2 Å². The molecule has 4 atom stereocenters. The molecule has 4 aliphatic rings. The topological polar surface area (TPSA) is 96.3 Å². The average molecular weight is 437 g/mol. The predicted molar refractivity (Wildman–Crippen MR) is 117 cm³/mol. The smallest absolute Gasteiger partial charge is 0.339 e. The zero-order valence-electron chi connectivity index (χ0n) is 18.2. The highest BCUT2D eigenvalue weighted by molar-refractivity contribution is 5.90. The number of ketones is 1. The Bertz CT molecular complexity index is 1100. The number of likely N-dealkylation sites (N-methyl/N-ethyl adjacent to an activating group) is 1. The minimum atomic E-state index is -1.11. The Morgan fingerprint density at radius 2 is 2.03 bits per heavy atom. The van der Waals surface area contributed by atoms with Crippen molar-refractivity contribution in [1.82, 2.24) is 4.90 Å². The summed E-state index contributed by atoms with van der Waals surface area (Å²) in [6.45, 7) is 1.05. The largest absolute Gasteiger partial charge is 0.507 e. The summed E-state index contributed by atoms with van der Waals surface area (Å²) in [5.41, 5.74) is 2.51. The van der Waals surface area contributed by atoms with E-state index in [1.165, 1.54) is 23.3 Å². The monoisotopic (exact) mass is 437 g/mol. The Kier molecular flexibility index (Phi) is 4.89. The van der Waals surface area contributed by atoms with Crippen LogP contribution in [0.4, 0.5) is 0 Å². The molecule has 6 rings (SSSR count). The highest BCUT2D eigenvalue weighted by atomic mass is 16.5. The van der Waals surface area contributed by atoms with Gasteiger partial charge in [-0.15, -0.1) is 0 Å². The lowest BCUT2D eigenvalue weighted by Crippen LogP contribution is -2.65. The van der Waals surface area contributed by atoms with Crippen molar-refractivity contribution in [3.05, 3.63) is 53.1 Å². The molecule has 2 aromatic carbocycles. The molecule has 0 radical (unpaired) electrons. The van der Waals surface area contributed by atoms with Gasteiger partial charge in [0, 0.05) is 23.4 Å². The van der Waals surface area contributed by atoms with Crippen LogP contribution in [0.1, 0.15) is 40.7 Å². The van der Waals surface area contributed by atoms with Crippen LogP contribution in [0.15, 0.2) is 36.4 Å². The fourth-order valence-electron chi connectivity index (χ4n) is 6.33. The van der Waals surface area contributed by atoms with Crippen LogP contribution >= 0.6 is 0 Å². The van der Waals surface area contributed by atoms with Crippen LogP contribution in [0.2, 0.25) is 0 Å². The van der Waals surface area contributed by atoms with Crippen LogP contribution in [-0.4, -0.2) is 59.7 Å². The summed E-state index contributed by atoms with van der Waals surface area (Å²) in [5, 5.41) is 17.3. The molecule has 2 N–H and O–H groups in total. The number of carboxylic acids is 1. The van der Waals surface area contributed by atoms with Gasteiger partial charge in [0.25, 0.3) is 0 Å². The predicted octanol–water partition coefficient (Wildman–Crippen LogP) is 3.02. The molecule has 168 valence electrons. The standard InChI is InChI=1S/C18H21NO3.C7H6O3/c1-19-8-7-18-11-4-5-13(20)17(18)22-16-14(21-2)6-3-10(15(16)18)9-12(11)19;8-6-4-2-1-3-5(6)7(9)10/h3,6,11-12,17H,4-5,7-9H2,1-2H3;1-4,8H,(H,9,10)/t11-,12+,17-,18-;/m0./s1. The lowest BCUT2D eigenvalue weighted by Gasteiger charge is -2.57. The van der Waals surface area contributed by atoms with Gasteiger partial charge < -0.3 is 24.6 Å². The Morgan fingerprint density at radius 1 is 1.25 bits per heavy atom. The number of methoxy groups -OCH3 is 1. The molecule has 1 spiro atoms. The number of benzene rings is 2. The van der Waals surface area contributed by atoms with E-state index >= 15 is 0 Å². The molecule has 0 aromatic heterocycles. The summed E-state index contributed by atoms with van der Waals surface area (Å²) in [7, 11) is 3.91. The maximum atomic E-state index is 12.6. The van der Waals surface area contributed by atoms with E-state index in [0.29, 0.717) is 18.4 Å². The second-order valence-electron chi connectivity index (χ2n) is 9.11. The number of ether oxygens (including phenoxy) is 2. The number of hydrogen-bond donors (Lipinski definition) is 2. The van der Waals surface area contributed by atoms with Gasteiger partial charge in [0.1, 0.15) is 11.3 Å². The molecule has 2 heterocycles. The first-order chi connectivity index (χ1) is 15.4. The van der Waals surface area contributed by atoms with Gasteiger partial charge in [-0.25, -0.2) is 4.79 Å². The zero-order valence-corrected chi connectivity index (χ0v) is 18.2. The van der Waals surface area contributed by atoms with E-state index in [9.17, 15) is 9.59 Å². The van der Waals surface area contributed by atoms with Crippen molar-refractivity contribution < 1.29 is 29.3 Å². The second-order valence-corrected chi connectivity index (χ2v) is 9.11. The summed E-state index contributed by atoms with van der Waals surface area (Å²) in [5.74, 6) is 1.15. The molecule has 2 fully saturated rings.